The first-order chi connectivity index (χ1) is 10.2. The number of hydrogen-bond acceptors (Lipinski definition) is 4. The maximum atomic E-state index is 11.5. The number of fused-ring (bicyclic) bond motifs is 1. The number of carbonyl (C=O) groups is 1. The van der Waals surface area contributed by atoms with Crippen molar-refractivity contribution in [3.63, 3.8) is 0 Å². The molecular formula is C15H19ClN2O3. The van der Waals surface area contributed by atoms with Gasteiger partial charge in [-0.15, -0.1) is 0 Å². The van der Waals surface area contributed by atoms with Crippen LogP contribution in [0.2, 0.25) is 5.02 Å². The Hall–Kier alpha value is -1.46. The van der Waals surface area contributed by atoms with Gasteiger partial charge in [-0.25, -0.2) is 0 Å². The summed E-state index contributed by atoms with van der Waals surface area (Å²) in [5.74, 6) is 1.48. The van der Waals surface area contributed by atoms with Gasteiger partial charge in [0.25, 0.3) is 0 Å². The number of rotatable bonds is 7. The van der Waals surface area contributed by atoms with Crippen LogP contribution in [0.25, 0.3) is 0 Å². The summed E-state index contributed by atoms with van der Waals surface area (Å²) < 4.78 is 10.6. The largest absolute Gasteiger partial charge is 0.454 e. The maximum Gasteiger partial charge on any atom is 0.231 e. The molecule has 114 valence electrons. The van der Waals surface area contributed by atoms with Gasteiger partial charge in [0.1, 0.15) is 0 Å². The summed E-state index contributed by atoms with van der Waals surface area (Å²) in [5, 5.41) is 6.87. The van der Waals surface area contributed by atoms with E-state index in [1.165, 1.54) is 0 Å². The molecule has 1 aliphatic heterocycles. The number of nitrogens with one attached hydrogen (secondary N) is 2. The van der Waals surface area contributed by atoms with E-state index in [2.05, 4.69) is 10.6 Å². The quantitative estimate of drug-likeness (QED) is 0.758. The van der Waals surface area contributed by atoms with Crippen molar-refractivity contribution in [1.29, 1.82) is 0 Å². The smallest absolute Gasteiger partial charge is 0.231 e. The topological polar surface area (TPSA) is 59.6 Å². The highest BCUT2D eigenvalue weighted by Gasteiger charge is 2.22. The zero-order valence-corrected chi connectivity index (χ0v) is 12.5. The van der Waals surface area contributed by atoms with Gasteiger partial charge in [-0.1, -0.05) is 11.6 Å². The highest BCUT2D eigenvalue weighted by molar-refractivity contribution is 6.32. The Bertz CT molecular complexity index is 532. The predicted octanol–water partition coefficient (Wildman–Crippen LogP) is 2.22. The molecule has 6 heteroatoms. The number of hydrogen-bond donors (Lipinski definition) is 2. The van der Waals surface area contributed by atoms with Crippen LogP contribution in [0, 0.1) is 0 Å². The molecule has 0 spiro atoms. The van der Waals surface area contributed by atoms with E-state index in [0.29, 0.717) is 35.5 Å². The van der Waals surface area contributed by atoms with Gasteiger partial charge in [-0.05, 0) is 43.5 Å². The van der Waals surface area contributed by atoms with Gasteiger partial charge in [0.2, 0.25) is 12.7 Å². The summed E-state index contributed by atoms with van der Waals surface area (Å²) >= 11 is 6.13. The van der Waals surface area contributed by atoms with Gasteiger partial charge in [0, 0.05) is 19.0 Å². The van der Waals surface area contributed by atoms with Crippen molar-refractivity contribution >= 4 is 17.5 Å². The molecule has 1 amide bonds. The zero-order chi connectivity index (χ0) is 14.7. The van der Waals surface area contributed by atoms with Gasteiger partial charge < -0.3 is 20.1 Å². The lowest BCUT2D eigenvalue weighted by atomic mass is 10.2. The van der Waals surface area contributed by atoms with Gasteiger partial charge in [-0.3, -0.25) is 4.79 Å². The Morgan fingerprint density at radius 3 is 3.00 bits per heavy atom. The molecule has 1 aromatic rings. The van der Waals surface area contributed by atoms with E-state index in [1.807, 2.05) is 12.1 Å². The summed E-state index contributed by atoms with van der Waals surface area (Å²) in [6.07, 6.45) is 3.67. The van der Waals surface area contributed by atoms with Crippen molar-refractivity contribution in [2.75, 3.05) is 13.3 Å². The van der Waals surface area contributed by atoms with E-state index < -0.39 is 0 Å². The first kappa shape index (κ1) is 14.5. The summed E-state index contributed by atoms with van der Waals surface area (Å²) in [4.78, 5) is 11.5. The van der Waals surface area contributed by atoms with E-state index in [4.69, 9.17) is 21.1 Å². The van der Waals surface area contributed by atoms with Crippen LogP contribution in [0.5, 0.6) is 11.5 Å². The van der Waals surface area contributed by atoms with E-state index in [0.717, 1.165) is 31.4 Å². The minimum atomic E-state index is 0.158. The lowest BCUT2D eigenvalue weighted by Gasteiger charge is -2.07. The lowest BCUT2D eigenvalue weighted by molar-refractivity contribution is -0.121. The minimum Gasteiger partial charge on any atom is -0.454 e. The zero-order valence-electron chi connectivity index (χ0n) is 11.8. The molecule has 0 bridgehead atoms. The summed E-state index contributed by atoms with van der Waals surface area (Å²) in [5.41, 5.74) is 1.05. The van der Waals surface area contributed by atoms with Crippen LogP contribution >= 0.6 is 11.6 Å². The number of amides is 1. The number of carbonyl (C=O) groups excluding carboxylic acids is 1. The molecule has 2 aliphatic rings. The fourth-order valence-corrected chi connectivity index (χ4v) is 2.54. The van der Waals surface area contributed by atoms with Crippen LogP contribution < -0.4 is 20.1 Å². The molecule has 21 heavy (non-hydrogen) atoms. The monoisotopic (exact) mass is 310 g/mol. The number of benzene rings is 1. The molecule has 5 nitrogen and oxygen atoms in total. The Labute approximate surface area is 128 Å². The lowest BCUT2D eigenvalue weighted by Crippen LogP contribution is -2.26. The fourth-order valence-electron chi connectivity index (χ4n) is 2.26. The van der Waals surface area contributed by atoms with Crippen molar-refractivity contribution in [1.82, 2.24) is 10.6 Å². The summed E-state index contributed by atoms with van der Waals surface area (Å²) in [6, 6.07) is 4.25. The standard InChI is InChI=1S/C15H19ClN2O3/c16-12-6-10(7-13-15(12)21-9-20-13)8-17-5-1-2-14(19)18-11-3-4-11/h6-7,11,17H,1-5,8-9H2,(H,18,19). The van der Waals surface area contributed by atoms with E-state index in [1.54, 1.807) is 0 Å². The average Bonchev–Trinajstić information content (AvgIpc) is 3.12. The third-order valence-corrected chi connectivity index (χ3v) is 3.80. The third kappa shape index (κ3) is 4.02. The van der Waals surface area contributed by atoms with Crippen molar-refractivity contribution in [3.05, 3.63) is 22.7 Å². The molecule has 3 rings (SSSR count). The molecule has 0 aromatic heterocycles. The van der Waals surface area contributed by atoms with Gasteiger partial charge in [0.15, 0.2) is 11.5 Å². The molecular weight excluding hydrogens is 292 g/mol. The predicted molar refractivity (Wildman–Crippen MR) is 79.7 cm³/mol. The van der Waals surface area contributed by atoms with Crippen molar-refractivity contribution in [2.24, 2.45) is 0 Å². The first-order valence-corrected chi connectivity index (χ1v) is 7.68. The van der Waals surface area contributed by atoms with E-state index >= 15 is 0 Å². The highest BCUT2D eigenvalue weighted by atomic mass is 35.5. The average molecular weight is 311 g/mol. The fraction of sp³-hybridized carbons (Fsp3) is 0.533. The SMILES string of the molecule is O=C(CCCNCc1cc(Cl)c2c(c1)OCO2)NC1CC1. The van der Waals surface area contributed by atoms with Crippen molar-refractivity contribution in [2.45, 2.75) is 38.3 Å². The highest BCUT2D eigenvalue weighted by Crippen LogP contribution is 2.39. The first-order valence-electron chi connectivity index (χ1n) is 7.30. The van der Waals surface area contributed by atoms with Crippen LogP contribution in [0.1, 0.15) is 31.2 Å². The van der Waals surface area contributed by atoms with Crippen molar-refractivity contribution < 1.29 is 14.3 Å². The van der Waals surface area contributed by atoms with Gasteiger partial charge >= 0.3 is 0 Å². The Kier molecular flexibility index (Phi) is 4.51. The Morgan fingerprint density at radius 2 is 2.19 bits per heavy atom. The molecule has 2 N–H and O–H groups in total. The Balaban J connectivity index is 1.37. The molecule has 1 aromatic carbocycles. The molecule has 1 aliphatic carbocycles. The second-order valence-electron chi connectivity index (χ2n) is 5.43. The minimum absolute atomic E-state index is 0.158. The van der Waals surface area contributed by atoms with Gasteiger partial charge in [0.05, 0.1) is 5.02 Å². The third-order valence-electron chi connectivity index (χ3n) is 3.52. The molecule has 1 fully saturated rings. The van der Waals surface area contributed by atoms with Crippen LogP contribution in [0.3, 0.4) is 0 Å². The summed E-state index contributed by atoms with van der Waals surface area (Å²) in [6.45, 7) is 1.72. The number of halogens is 1. The van der Waals surface area contributed by atoms with Gasteiger partial charge in [-0.2, -0.15) is 0 Å². The molecule has 0 atom stereocenters. The van der Waals surface area contributed by atoms with Crippen LogP contribution in [-0.2, 0) is 11.3 Å². The molecule has 0 unspecified atom stereocenters. The summed E-state index contributed by atoms with van der Waals surface area (Å²) in [7, 11) is 0. The second-order valence-corrected chi connectivity index (χ2v) is 5.84. The van der Waals surface area contributed by atoms with Crippen LogP contribution in [0.15, 0.2) is 12.1 Å². The van der Waals surface area contributed by atoms with E-state index in [9.17, 15) is 4.79 Å². The van der Waals surface area contributed by atoms with Crippen LogP contribution in [0.4, 0.5) is 0 Å². The van der Waals surface area contributed by atoms with Crippen molar-refractivity contribution in [3.8, 4) is 11.5 Å². The van der Waals surface area contributed by atoms with Crippen LogP contribution in [-0.4, -0.2) is 25.3 Å². The molecule has 1 heterocycles. The molecule has 0 radical (unpaired) electrons. The molecule has 1 saturated carbocycles. The van der Waals surface area contributed by atoms with E-state index in [-0.39, 0.29) is 12.7 Å². The normalized spacial score (nSPS) is 16.0. The Morgan fingerprint density at radius 1 is 1.33 bits per heavy atom. The molecule has 0 saturated heterocycles. The number of ether oxygens (including phenoxy) is 2. The second kappa shape index (κ2) is 6.54. The maximum absolute atomic E-state index is 11.5.